The summed E-state index contributed by atoms with van der Waals surface area (Å²) < 4.78 is 35.5. The Morgan fingerprint density at radius 2 is 2.00 bits per heavy atom. The van der Waals surface area contributed by atoms with Crippen molar-refractivity contribution in [1.82, 2.24) is 4.90 Å². The third-order valence-electron chi connectivity index (χ3n) is 1.49. The van der Waals surface area contributed by atoms with Crippen LogP contribution in [0.25, 0.3) is 0 Å². The normalized spacial score (nSPS) is 29.4. The fourth-order valence-electron chi connectivity index (χ4n) is 0.948. The largest absolute Gasteiger partial charge is 0.459 e. The van der Waals surface area contributed by atoms with Gasteiger partial charge in [-0.1, -0.05) is 15.9 Å². The molecule has 60 valence electrons. The van der Waals surface area contributed by atoms with E-state index in [0.717, 1.165) is 0 Å². The third-order valence-corrected chi connectivity index (χ3v) is 2.24. The summed E-state index contributed by atoms with van der Waals surface area (Å²) in [5.41, 5.74) is 0. The first-order chi connectivity index (χ1) is 4.50. The van der Waals surface area contributed by atoms with Crippen LogP contribution in [0.4, 0.5) is 13.2 Å². The minimum Gasteiger partial charge on any atom is -0.213 e. The van der Waals surface area contributed by atoms with Crippen molar-refractivity contribution >= 4 is 15.9 Å². The summed E-state index contributed by atoms with van der Waals surface area (Å²) in [5.74, 6) is 0. The molecule has 1 heterocycles. The number of halogens is 4. The standard InChI is InChI=1S/C5H7BrF3N/c6-4-1-2-10(3-4)5(7,8)9/h4H,1-3H2/t4-/m0/s1. The van der Waals surface area contributed by atoms with E-state index in [1.54, 1.807) is 0 Å². The highest BCUT2D eigenvalue weighted by molar-refractivity contribution is 9.09. The second-order valence-corrected chi connectivity index (χ2v) is 3.59. The lowest BCUT2D eigenvalue weighted by atomic mass is 10.4. The monoisotopic (exact) mass is 217 g/mol. The van der Waals surface area contributed by atoms with Crippen LogP contribution >= 0.6 is 15.9 Å². The predicted molar refractivity (Wildman–Crippen MR) is 35.0 cm³/mol. The average molecular weight is 218 g/mol. The van der Waals surface area contributed by atoms with Crippen molar-refractivity contribution in [3.05, 3.63) is 0 Å². The van der Waals surface area contributed by atoms with Crippen LogP contribution in [-0.2, 0) is 0 Å². The molecule has 0 spiro atoms. The molecular weight excluding hydrogens is 211 g/mol. The summed E-state index contributed by atoms with van der Waals surface area (Å²) in [5, 5.41) is 0. The third kappa shape index (κ3) is 1.85. The van der Waals surface area contributed by atoms with Crippen LogP contribution in [0.5, 0.6) is 0 Å². The fraction of sp³-hybridized carbons (Fsp3) is 1.00. The lowest BCUT2D eigenvalue weighted by molar-refractivity contribution is -0.237. The van der Waals surface area contributed by atoms with Crippen LogP contribution in [0, 0.1) is 0 Å². The van der Waals surface area contributed by atoms with Gasteiger partial charge >= 0.3 is 6.30 Å². The van der Waals surface area contributed by atoms with Gasteiger partial charge in [0.05, 0.1) is 0 Å². The molecule has 1 saturated heterocycles. The van der Waals surface area contributed by atoms with Crippen molar-refractivity contribution in [2.24, 2.45) is 0 Å². The van der Waals surface area contributed by atoms with Crippen molar-refractivity contribution in [3.8, 4) is 0 Å². The van der Waals surface area contributed by atoms with Gasteiger partial charge in [-0.25, -0.2) is 4.90 Å². The van der Waals surface area contributed by atoms with Gasteiger partial charge in [-0.2, -0.15) is 13.2 Å². The molecule has 1 rings (SSSR count). The van der Waals surface area contributed by atoms with Gasteiger partial charge in [0.25, 0.3) is 0 Å². The summed E-state index contributed by atoms with van der Waals surface area (Å²) in [4.78, 5) is 0.529. The fourth-order valence-corrected chi connectivity index (χ4v) is 1.50. The Kier molecular flexibility index (Phi) is 2.24. The number of hydrogen-bond donors (Lipinski definition) is 0. The van der Waals surface area contributed by atoms with E-state index in [4.69, 9.17) is 0 Å². The zero-order chi connectivity index (χ0) is 7.78. The zero-order valence-corrected chi connectivity index (χ0v) is 6.74. The molecule has 1 aliphatic rings. The van der Waals surface area contributed by atoms with Crippen LogP contribution < -0.4 is 0 Å². The number of rotatable bonds is 0. The molecule has 0 bridgehead atoms. The van der Waals surface area contributed by atoms with Gasteiger partial charge in [-0.15, -0.1) is 0 Å². The van der Waals surface area contributed by atoms with Crippen molar-refractivity contribution < 1.29 is 13.2 Å². The van der Waals surface area contributed by atoms with Crippen LogP contribution in [0.1, 0.15) is 6.42 Å². The van der Waals surface area contributed by atoms with Gasteiger partial charge in [0.2, 0.25) is 0 Å². The van der Waals surface area contributed by atoms with E-state index in [1.807, 2.05) is 0 Å². The van der Waals surface area contributed by atoms with E-state index in [-0.39, 0.29) is 17.9 Å². The summed E-state index contributed by atoms with van der Waals surface area (Å²) >= 11 is 3.13. The molecule has 5 heteroatoms. The summed E-state index contributed by atoms with van der Waals surface area (Å²) in [6, 6.07) is 0. The average Bonchev–Trinajstić information content (AvgIpc) is 2.11. The van der Waals surface area contributed by atoms with Gasteiger partial charge in [-0.05, 0) is 6.42 Å². The lowest BCUT2D eigenvalue weighted by Crippen LogP contribution is -2.35. The van der Waals surface area contributed by atoms with Crippen LogP contribution in [0.3, 0.4) is 0 Å². The molecule has 0 radical (unpaired) electrons. The SMILES string of the molecule is FC(F)(F)N1CC[C@H](Br)C1. The van der Waals surface area contributed by atoms with E-state index < -0.39 is 6.30 Å². The first-order valence-electron chi connectivity index (χ1n) is 2.96. The van der Waals surface area contributed by atoms with Crippen LogP contribution in [0.15, 0.2) is 0 Å². The molecule has 0 aromatic heterocycles. The van der Waals surface area contributed by atoms with Crippen molar-refractivity contribution in [1.29, 1.82) is 0 Å². The van der Waals surface area contributed by atoms with Gasteiger partial charge < -0.3 is 0 Å². The highest BCUT2D eigenvalue weighted by Gasteiger charge is 2.40. The van der Waals surface area contributed by atoms with E-state index in [0.29, 0.717) is 11.3 Å². The van der Waals surface area contributed by atoms with Crippen molar-refractivity contribution in [2.45, 2.75) is 17.5 Å². The molecule has 1 fully saturated rings. The minimum absolute atomic E-state index is 0.00845. The smallest absolute Gasteiger partial charge is 0.213 e. The summed E-state index contributed by atoms with van der Waals surface area (Å²) in [6.07, 6.45) is -3.55. The Hall–Kier alpha value is 0.230. The Bertz CT molecular complexity index is 125. The van der Waals surface area contributed by atoms with Crippen molar-refractivity contribution in [3.63, 3.8) is 0 Å². The van der Waals surface area contributed by atoms with Gasteiger partial charge in [0.1, 0.15) is 0 Å². The highest BCUT2D eigenvalue weighted by atomic mass is 79.9. The molecule has 0 saturated carbocycles. The Labute approximate surface area is 65.3 Å². The molecule has 10 heavy (non-hydrogen) atoms. The Morgan fingerprint density at radius 3 is 2.20 bits per heavy atom. The second kappa shape index (κ2) is 2.70. The molecule has 0 unspecified atom stereocenters. The second-order valence-electron chi connectivity index (χ2n) is 2.30. The summed E-state index contributed by atoms with van der Waals surface area (Å²) in [6.45, 7) is 0.211. The van der Waals surface area contributed by atoms with Crippen LogP contribution in [-0.4, -0.2) is 29.1 Å². The molecule has 0 amide bonds. The maximum atomic E-state index is 11.8. The topological polar surface area (TPSA) is 3.24 Å². The minimum atomic E-state index is -4.14. The number of alkyl halides is 4. The number of hydrogen-bond acceptors (Lipinski definition) is 1. The molecule has 0 aromatic carbocycles. The van der Waals surface area contributed by atoms with E-state index in [9.17, 15) is 13.2 Å². The Balaban J connectivity index is 2.45. The molecule has 0 N–H and O–H groups in total. The number of nitrogens with zero attached hydrogens (tertiary/aromatic N) is 1. The van der Waals surface area contributed by atoms with Crippen LogP contribution in [0.2, 0.25) is 0 Å². The lowest BCUT2D eigenvalue weighted by Gasteiger charge is -2.17. The molecule has 1 nitrogen and oxygen atoms in total. The van der Waals surface area contributed by atoms with Gasteiger partial charge in [0, 0.05) is 17.9 Å². The van der Waals surface area contributed by atoms with Crippen molar-refractivity contribution in [2.75, 3.05) is 13.1 Å². The molecule has 0 aliphatic carbocycles. The predicted octanol–water partition coefficient (Wildman–Crippen LogP) is 1.98. The maximum absolute atomic E-state index is 11.8. The first-order valence-corrected chi connectivity index (χ1v) is 3.87. The van der Waals surface area contributed by atoms with Gasteiger partial charge in [-0.3, -0.25) is 0 Å². The first kappa shape index (κ1) is 8.33. The Morgan fingerprint density at radius 1 is 1.40 bits per heavy atom. The maximum Gasteiger partial charge on any atom is 0.459 e. The highest BCUT2D eigenvalue weighted by Crippen LogP contribution is 2.28. The number of likely N-dealkylation sites (tertiary alicyclic amines) is 1. The quantitative estimate of drug-likeness (QED) is 0.443. The van der Waals surface area contributed by atoms with E-state index >= 15 is 0 Å². The van der Waals surface area contributed by atoms with E-state index in [2.05, 4.69) is 15.9 Å². The van der Waals surface area contributed by atoms with E-state index in [1.165, 1.54) is 0 Å². The summed E-state index contributed by atoms with van der Waals surface area (Å²) in [7, 11) is 0. The van der Waals surface area contributed by atoms with Gasteiger partial charge in [0.15, 0.2) is 0 Å². The zero-order valence-electron chi connectivity index (χ0n) is 5.16. The molecule has 0 aromatic rings. The molecule has 1 aliphatic heterocycles. The molecule has 1 atom stereocenters. The molecular formula is C5H7BrF3N.